The Morgan fingerprint density at radius 1 is 1.10 bits per heavy atom. The van der Waals surface area contributed by atoms with Crippen LogP contribution in [0.1, 0.15) is 31.9 Å². The van der Waals surface area contributed by atoms with Gasteiger partial charge in [-0.2, -0.15) is 0 Å². The molecule has 1 aliphatic heterocycles. The summed E-state index contributed by atoms with van der Waals surface area (Å²) >= 11 is 0. The van der Waals surface area contributed by atoms with Gasteiger partial charge in [-0.3, -0.25) is 0 Å². The summed E-state index contributed by atoms with van der Waals surface area (Å²) in [6.07, 6.45) is 0. The average molecular weight is 415 g/mol. The van der Waals surface area contributed by atoms with Crippen molar-refractivity contribution in [3.8, 4) is 0 Å². The van der Waals surface area contributed by atoms with Crippen LogP contribution in [-0.4, -0.2) is 37.2 Å². The zero-order chi connectivity index (χ0) is 21.7. The van der Waals surface area contributed by atoms with Crippen molar-refractivity contribution in [1.29, 1.82) is 0 Å². The molecule has 0 bridgehead atoms. The Balaban J connectivity index is 1.66. The van der Waals surface area contributed by atoms with Crippen LogP contribution in [0.25, 0.3) is 0 Å². The van der Waals surface area contributed by atoms with E-state index in [1.807, 2.05) is 45.0 Å². The number of nitrogens with two attached hydrogens (primary N) is 1. The lowest BCUT2D eigenvalue weighted by Crippen LogP contribution is -2.48. The van der Waals surface area contributed by atoms with E-state index in [4.69, 9.17) is 10.6 Å². The first-order chi connectivity index (χ1) is 14.3. The lowest BCUT2D eigenvalue weighted by molar-refractivity contribution is -0.201. The van der Waals surface area contributed by atoms with E-state index in [-0.39, 0.29) is 11.8 Å². The molecule has 0 saturated carbocycles. The zero-order valence-corrected chi connectivity index (χ0v) is 18.0. The molecule has 1 fully saturated rings. The third-order valence-corrected chi connectivity index (χ3v) is 5.19. The van der Waals surface area contributed by atoms with Crippen LogP contribution < -0.4 is 16.0 Å². The van der Waals surface area contributed by atoms with Crippen LogP contribution in [0.5, 0.6) is 0 Å². The van der Waals surface area contributed by atoms with Gasteiger partial charge in [0.05, 0.1) is 18.5 Å². The maximum absolute atomic E-state index is 13.9. The average Bonchev–Trinajstić information content (AvgIpc) is 2.72. The highest BCUT2D eigenvalue weighted by Gasteiger charge is 2.28. The van der Waals surface area contributed by atoms with E-state index in [0.717, 1.165) is 30.0 Å². The molecule has 0 aliphatic carbocycles. The lowest BCUT2D eigenvalue weighted by atomic mass is 9.98. The van der Waals surface area contributed by atoms with E-state index in [9.17, 15) is 9.18 Å². The van der Waals surface area contributed by atoms with Crippen LogP contribution in [0.2, 0.25) is 0 Å². The third kappa shape index (κ3) is 5.29. The summed E-state index contributed by atoms with van der Waals surface area (Å²) in [5, 5.41) is 5.05. The molecule has 6 nitrogen and oxygen atoms in total. The smallest absolute Gasteiger partial charge is 0.330 e. The number of carbonyl (C=O) groups excluding carboxylic acids is 1. The minimum absolute atomic E-state index is 0.224. The number of nitrogens with one attached hydrogen (secondary N) is 1. The molecule has 0 spiro atoms. The van der Waals surface area contributed by atoms with Crippen molar-refractivity contribution < 1.29 is 14.0 Å². The zero-order valence-electron chi connectivity index (χ0n) is 18.0. The molecular weight excluding hydrogens is 383 g/mol. The summed E-state index contributed by atoms with van der Waals surface area (Å²) in [5.74, 6) is -0.450. The first kappa shape index (κ1) is 22.1. The van der Waals surface area contributed by atoms with Crippen molar-refractivity contribution in [3.63, 3.8) is 0 Å². The van der Waals surface area contributed by atoms with E-state index in [0.29, 0.717) is 31.7 Å². The van der Waals surface area contributed by atoms with Gasteiger partial charge in [-0.1, -0.05) is 24.3 Å². The molecule has 0 atom stereocenters. The van der Waals surface area contributed by atoms with Crippen LogP contribution in [0, 0.1) is 11.2 Å². The van der Waals surface area contributed by atoms with Crippen LogP contribution in [0.15, 0.2) is 42.5 Å². The minimum Gasteiger partial charge on any atom is -0.381 e. The highest BCUT2D eigenvalue weighted by molar-refractivity contribution is 5.75. The molecule has 30 heavy (non-hydrogen) atoms. The quantitative estimate of drug-likeness (QED) is 0.754. The predicted molar refractivity (Wildman–Crippen MR) is 117 cm³/mol. The Labute approximate surface area is 177 Å². The van der Waals surface area contributed by atoms with Gasteiger partial charge in [0.2, 0.25) is 0 Å². The standard InChI is InChI=1S/C23H31FN4O2/c1-23(2,3)22(29)30-28-13-11-27(12-14-28)21-10-6-9-20(18(21)15-25)26-16-17-7-4-5-8-19(17)24/h4-10,26H,11-16,25H2,1-3H3. The SMILES string of the molecule is CC(C)(C)C(=O)ON1CCN(c2cccc(NCc3ccccc3F)c2CN)CC1. The van der Waals surface area contributed by atoms with Crippen LogP contribution in [0.4, 0.5) is 15.8 Å². The molecule has 3 rings (SSSR count). The summed E-state index contributed by atoms with van der Waals surface area (Å²) in [6, 6.07) is 12.7. The molecule has 0 amide bonds. The van der Waals surface area contributed by atoms with Gasteiger partial charge >= 0.3 is 5.97 Å². The molecule has 0 aromatic heterocycles. The Morgan fingerprint density at radius 2 is 1.80 bits per heavy atom. The van der Waals surface area contributed by atoms with Gasteiger partial charge in [-0.15, -0.1) is 5.06 Å². The van der Waals surface area contributed by atoms with E-state index in [1.165, 1.54) is 6.07 Å². The number of hydrogen-bond acceptors (Lipinski definition) is 6. The summed E-state index contributed by atoms with van der Waals surface area (Å²) < 4.78 is 13.9. The third-order valence-electron chi connectivity index (χ3n) is 5.19. The molecule has 162 valence electrons. The number of nitrogens with zero attached hydrogens (tertiary/aromatic N) is 2. The lowest BCUT2D eigenvalue weighted by Gasteiger charge is -2.37. The fourth-order valence-electron chi connectivity index (χ4n) is 3.36. The number of halogens is 1. The van der Waals surface area contributed by atoms with Crippen LogP contribution >= 0.6 is 0 Å². The molecule has 2 aromatic rings. The minimum atomic E-state index is -0.526. The Kier molecular flexibility index (Phi) is 6.95. The maximum Gasteiger partial charge on any atom is 0.330 e. The summed E-state index contributed by atoms with van der Waals surface area (Å²) in [6.45, 7) is 8.99. The second-order valence-electron chi connectivity index (χ2n) is 8.50. The van der Waals surface area contributed by atoms with Crippen molar-refractivity contribution >= 4 is 17.3 Å². The molecule has 0 unspecified atom stereocenters. The summed E-state index contributed by atoms with van der Waals surface area (Å²) in [5.41, 5.74) is 9.11. The van der Waals surface area contributed by atoms with Crippen molar-refractivity contribution in [2.75, 3.05) is 36.4 Å². The fourth-order valence-corrected chi connectivity index (χ4v) is 3.36. The van der Waals surface area contributed by atoms with E-state index in [2.05, 4.69) is 10.2 Å². The van der Waals surface area contributed by atoms with Crippen molar-refractivity contribution in [2.24, 2.45) is 11.1 Å². The Morgan fingerprint density at radius 3 is 2.43 bits per heavy atom. The van der Waals surface area contributed by atoms with Gasteiger partial charge in [0.15, 0.2) is 0 Å². The number of benzene rings is 2. The first-order valence-electron chi connectivity index (χ1n) is 10.3. The molecule has 7 heteroatoms. The van der Waals surface area contributed by atoms with Gasteiger partial charge in [-0.05, 0) is 39.0 Å². The van der Waals surface area contributed by atoms with Gasteiger partial charge < -0.3 is 20.8 Å². The molecule has 1 heterocycles. The van der Waals surface area contributed by atoms with Crippen molar-refractivity contribution in [1.82, 2.24) is 5.06 Å². The van der Waals surface area contributed by atoms with Gasteiger partial charge in [-0.25, -0.2) is 9.18 Å². The maximum atomic E-state index is 13.9. The normalized spacial score (nSPS) is 15.2. The van der Waals surface area contributed by atoms with E-state index >= 15 is 0 Å². The van der Waals surface area contributed by atoms with Crippen LogP contribution in [-0.2, 0) is 22.7 Å². The predicted octanol–water partition coefficient (Wildman–Crippen LogP) is 3.52. The van der Waals surface area contributed by atoms with Crippen molar-refractivity contribution in [2.45, 2.75) is 33.9 Å². The highest BCUT2D eigenvalue weighted by Crippen LogP contribution is 2.29. The topological polar surface area (TPSA) is 70.8 Å². The Hall–Kier alpha value is -2.64. The second-order valence-corrected chi connectivity index (χ2v) is 8.50. The second kappa shape index (κ2) is 9.45. The van der Waals surface area contributed by atoms with Gasteiger partial charge in [0.1, 0.15) is 5.82 Å². The fraction of sp³-hybridized carbons (Fsp3) is 0.435. The van der Waals surface area contributed by atoms with Crippen LogP contribution in [0.3, 0.4) is 0 Å². The van der Waals surface area contributed by atoms with Crippen molar-refractivity contribution in [3.05, 3.63) is 59.4 Å². The first-order valence-corrected chi connectivity index (χ1v) is 10.3. The Bertz CT molecular complexity index is 874. The molecule has 0 radical (unpaired) electrons. The highest BCUT2D eigenvalue weighted by atomic mass is 19.1. The monoisotopic (exact) mass is 414 g/mol. The van der Waals surface area contributed by atoms with E-state index < -0.39 is 5.41 Å². The van der Waals surface area contributed by atoms with Gasteiger partial charge in [0.25, 0.3) is 0 Å². The molecule has 1 saturated heterocycles. The number of carbonyl (C=O) groups is 1. The molecular formula is C23H31FN4O2. The largest absolute Gasteiger partial charge is 0.381 e. The molecule has 3 N–H and O–H groups in total. The number of piperazine rings is 1. The summed E-state index contributed by atoms with van der Waals surface area (Å²) in [4.78, 5) is 19.9. The summed E-state index contributed by atoms with van der Waals surface area (Å²) in [7, 11) is 0. The number of anilines is 2. The molecule has 1 aliphatic rings. The number of hydrogen-bond donors (Lipinski definition) is 2. The number of rotatable bonds is 6. The number of hydroxylamine groups is 2. The van der Waals surface area contributed by atoms with E-state index in [1.54, 1.807) is 17.2 Å². The van der Waals surface area contributed by atoms with Gasteiger partial charge in [0, 0.05) is 48.7 Å². The molecule has 2 aromatic carbocycles.